The summed E-state index contributed by atoms with van der Waals surface area (Å²) < 4.78 is 0. The Morgan fingerprint density at radius 3 is 2.45 bits per heavy atom. The average molecular weight is 302 g/mol. The summed E-state index contributed by atoms with van der Waals surface area (Å²) >= 11 is 0. The SMILES string of the molecule is CN(C[C@H](O)CO)C(=O)c1ccc(-c2ccc(O)cn2)cc1. The van der Waals surface area contributed by atoms with Gasteiger partial charge in [-0.05, 0) is 24.3 Å². The molecule has 2 rings (SSSR count). The van der Waals surface area contributed by atoms with Gasteiger partial charge in [-0.15, -0.1) is 0 Å². The van der Waals surface area contributed by atoms with E-state index in [0.717, 1.165) is 5.56 Å². The number of carbonyl (C=O) groups excluding carboxylic acids is 1. The second-order valence-corrected chi connectivity index (χ2v) is 5.00. The molecule has 6 heteroatoms. The molecular formula is C16H18N2O4. The molecule has 2 aromatic rings. The van der Waals surface area contributed by atoms with E-state index in [2.05, 4.69) is 4.98 Å². The van der Waals surface area contributed by atoms with Gasteiger partial charge in [-0.1, -0.05) is 12.1 Å². The third-order valence-corrected chi connectivity index (χ3v) is 3.22. The fourth-order valence-electron chi connectivity index (χ4n) is 2.02. The molecule has 0 aliphatic heterocycles. The molecule has 0 aliphatic carbocycles. The van der Waals surface area contributed by atoms with Crippen LogP contribution in [-0.2, 0) is 0 Å². The van der Waals surface area contributed by atoms with Gasteiger partial charge in [-0.25, -0.2) is 0 Å². The number of pyridine rings is 1. The molecule has 1 amide bonds. The molecule has 1 aromatic carbocycles. The number of aliphatic hydroxyl groups excluding tert-OH is 2. The lowest BCUT2D eigenvalue weighted by Crippen LogP contribution is -2.35. The third-order valence-electron chi connectivity index (χ3n) is 3.22. The zero-order valence-electron chi connectivity index (χ0n) is 12.2. The first-order valence-electron chi connectivity index (χ1n) is 6.81. The van der Waals surface area contributed by atoms with Crippen LogP contribution in [0.4, 0.5) is 0 Å². The summed E-state index contributed by atoms with van der Waals surface area (Å²) in [5.41, 5.74) is 2.01. The first-order chi connectivity index (χ1) is 10.5. The molecule has 0 fully saturated rings. The Morgan fingerprint density at radius 1 is 1.23 bits per heavy atom. The normalized spacial score (nSPS) is 12.0. The highest BCUT2D eigenvalue weighted by molar-refractivity contribution is 5.94. The van der Waals surface area contributed by atoms with Crippen molar-refractivity contribution in [2.24, 2.45) is 0 Å². The Hall–Kier alpha value is -2.44. The summed E-state index contributed by atoms with van der Waals surface area (Å²) in [7, 11) is 1.57. The maximum absolute atomic E-state index is 12.2. The highest BCUT2D eigenvalue weighted by Crippen LogP contribution is 2.19. The highest BCUT2D eigenvalue weighted by Gasteiger charge is 2.15. The Morgan fingerprint density at radius 2 is 1.91 bits per heavy atom. The number of hydrogen-bond acceptors (Lipinski definition) is 5. The lowest BCUT2D eigenvalue weighted by molar-refractivity contribution is 0.0520. The molecule has 3 N–H and O–H groups in total. The maximum Gasteiger partial charge on any atom is 0.253 e. The van der Waals surface area contributed by atoms with E-state index in [1.54, 1.807) is 43.4 Å². The van der Waals surface area contributed by atoms with Crippen molar-refractivity contribution in [2.75, 3.05) is 20.2 Å². The number of carbonyl (C=O) groups is 1. The number of amides is 1. The van der Waals surface area contributed by atoms with Crippen molar-refractivity contribution in [3.8, 4) is 17.0 Å². The average Bonchev–Trinajstić information content (AvgIpc) is 2.55. The second kappa shape index (κ2) is 7.02. The highest BCUT2D eigenvalue weighted by atomic mass is 16.3. The molecule has 0 aliphatic rings. The van der Waals surface area contributed by atoms with Crippen LogP contribution in [0.2, 0.25) is 0 Å². The number of hydrogen-bond donors (Lipinski definition) is 3. The monoisotopic (exact) mass is 302 g/mol. The first kappa shape index (κ1) is 15.9. The van der Waals surface area contributed by atoms with Gasteiger partial charge in [-0.3, -0.25) is 9.78 Å². The van der Waals surface area contributed by atoms with Crippen molar-refractivity contribution in [1.82, 2.24) is 9.88 Å². The Balaban J connectivity index is 2.11. The van der Waals surface area contributed by atoms with Gasteiger partial charge in [0.25, 0.3) is 5.91 Å². The lowest BCUT2D eigenvalue weighted by atomic mass is 10.1. The molecule has 22 heavy (non-hydrogen) atoms. The predicted molar refractivity (Wildman–Crippen MR) is 81.4 cm³/mol. The first-order valence-corrected chi connectivity index (χ1v) is 6.81. The quantitative estimate of drug-likeness (QED) is 0.762. The summed E-state index contributed by atoms with van der Waals surface area (Å²) in [5.74, 6) is -0.141. The Labute approximate surface area is 128 Å². The van der Waals surface area contributed by atoms with Crippen molar-refractivity contribution in [2.45, 2.75) is 6.10 Å². The van der Waals surface area contributed by atoms with Crippen LogP contribution in [0.3, 0.4) is 0 Å². The Kier molecular flexibility index (Phi) is 5.08. The van der Waals surface area contributed by atoms with Gasteiger partial charge in [-0.2, -0.15) is 0 Å². The van der Waals surface area contributed by atoms with Crippen LogP contribution in [0.15, 0.2) is 42.6 Å². The number of aromatic nitrogens is 1. The second-order valence-electron chi connectivity index (χ2n) is 5.00. The van der Waals surface area contributed by atoms with Gasteiger partial charge >= 0.3 is 0 Å². The van der Waals surface area contributed by atoms with Gasteiger partial charge in [0.15, 0.2) is 0 Å². The fraction of sp³-hybridized carbons (Fsp3) is 0.250. The van der Waals surface area contributed by atoms with Gasteiger partial charge < -0.3 is 20.2 Å². The molecule has 1 heterocycles. The van der Waals surface area contributed by atoms with E-state index in [9.17, 15) is 15.0 Å². The van der Waals surface area contributed by atoms with Crippen LogP contribution in [-0.4, -0.2) is 57.4 Å². The zero-order valence-corrected chi connectivity index (χ0v) is 12.2. The minimum atomic E-state index is -0.950. The number of rotatable bonds is 5. The van der Waals surface area contributed by atoms with E-state index in [4.69, 9.17) is 5.11 Å². The molecule has 1 atom stereocenters. The van der Waals surface area contributed by atoms with E-state index < -0.39 is 6.10 Å². The van der Waals surface area contributed by atoms with Gasteiger partial charge in [0.05, 0.1) is 24.6 Å². The number of benzene rings is 1. The van der Waals surface area contributed by atoms with E-state index in [-0.39, 0.29) is 24.8 Å². The van der Waals surface area contributed by atoms with E-state index in [0.29, 0.717) is 11.3 Å². The maximum atomic E-state index is 12.2. The summed E-state index contributed by atoms with van der Waals surface area (Å²) in [4.78, 5) is 17.6. The topological polar surface area (TPSA) is 93.9 Å². The van der Waals surface area contributed by atoms with E-state index >= 15 is 0 Å². The van der Waals surface area contributed by atoms with Crippen molar-refractivity contribution in [1.29, 1.82) is 0 Å². The number of aliphatic hydroxyl groups is 2. The molecule has 0 spiro atoms. The largest absolute Gasteiger partial charge is 0.506 e. The summed E-state index contributed by atoms with van der Waals surface area (Å²) in [6, 6.07) is 10.1. The standard InChI is InChI=1S/C16H18N2O4/c1-18(9-14(21)10-19)16(22)12-4-2-11(3-5-12)15-7-6-13(20)8-17-15/h2-8,14,19-21H,9-10H2,1H3/t14-/m0/s1. The smallest absolute Gasteiger partial charge is 0.253 e. The molecule has 0 radical (unpaired) electrons. The number of aromatic hydroxyl groups is 1. The van der Waals surface area contributed by atoms with Crippen LogP contribution in [0.1, 0.15) is 10.4 Å². The predicted octanol–water partition coefficient (Wildman–Crippen LogP) is 0.879. The molecule has 0 unspecified atom stereocenters. The summed E-state index contributed by atoms with van der Waals surface area (Å²) in [6.45, 7) is -0.320. The van der Waals surface area contributed by atoms with Crippen molar-refractivity contribution in [3.63, 3.8) is 0 Å². The van der Waals surface area contributed by atoms with E-state index in [1.807, 2.05) is 0 Å². The lowest BCUT2D eigenvalue weighted by Gasteiger charge is -2.19. The molecular weight excluding hydrogens is 284 g/mol. The Bertz CT molecular complexity index is 626. The molecule has 1 aromatic heterocycles. The number of likely N-dealkylation sites (N-methyl/N-ethyl adjacent to an activating group) is 1. The molecule has 0 bridgehead atoms. The summed E-state index contributed by atoms with van der Waals surface area (Å²) in [6.07, 6.45) is 0.410. The summed E-state index contributed by atoms with van der Waals surface area (Å²) in [5, 5.41) is 27.4. The molecule has 6 nitrogen and oxygen atoms in total. The van der Waals surface area contributed by atoms with Crippen molar-refractivity contribution < 1.29 is 20.1 Å². The van der Waals surface area contributed by atoms with Crippen LogP contribution in [0.5, 0.6) is 5.75 Å². The molecule has 0 saturated heterocycles. The molecule has 116 valence electrons. The van der Waals surface area contributed by atoms with Crippen LogP contribution in [0, 0.1) is 0 Å². The minimum Gasteiger partial charge on any atom is -0.506 e. The van der Waals surface area contributed by atoms with Crippen molar-refractivity contribution >= 4 is 5.91 Å². The van der Waals surface area contributed by atoms with E-state index in [1.165, 1.54) is 11.1 Å². The van der Waals surface area contributed by atoms with Crippen LogP contribution >= 0.6 is 0 Å². The zero-order chi connectivity index (χ0) is 16.1. The van der Waals surface area contributed by atoms with Gasteiger partial charge in [0.1, 0.15) is 5.75 Å². The third kappa shape index (κ3) is 3.81. The van der Waals surface area contributed by atoms with Crippen LogP contribution in [0.25, 0.3) is 11.3 Å². The fourth-order valence-corrected chi connectivity index (χ4v) is 2.02. The number of nitrogens with zero attached hydrogens (tertiary/aromatic N) is 2. The van der Waals surface area contributed by atoms with Gasteiger partial charge in [0.2, 0.25) is 0 Å². The van der Waals surface area contributed by atoms with Crippen LogP contribution < -0.4 is 0 Å². The molecule has 0 saturated carbocycles. The minimum absolute atomic E-state index is 0.0661. The van der Waals surface area contributed by atoms with Crippen molar-refractivity contribution in [3.05, 3.63) is 48.2 Å². The van der Waals surface area contributed by atoms with Gasteiger partial charge in [0, 0.05) is 24.7 Å².